The lowest BCUT2D eigenvalue weighted by Crippen LogP contribution is -2.61. The molecule has 0 aromatic heterocycles. The van der Waals surface area contributed by atoms with Crippen molar-refractivity contribution in [3.05, 3.63) is 0 Å². The van der Waals surface area contributed by atoms with Gasteiger partial charge >= 0.3 is 0 Å². The molecule has 1 heterocycles. The van der Waals surface area contributed by atoms with Gasteiger partial charge in [-0.05, 0) is 18.8 Å². The summed E-state index contributed by atoms with van der Waals surface area (Å²) in [6, 6.07) is 0. The van der Waals surface area contributed by atoms with E-state index in [9.17, 15) is 46.0 Å². The topological polar surface area (TPSA) is 206 Å². The zero-order valence-electron chi connectivity index (χ0n) is 15.7. The summed E-state index contributed by atoms with van der Waals surface area (Å²) in [5.41, 5.74) is 0. The van der Waals surface area contributed by atoms with Gasteiger partial charge in [-0.25, -0.2) is 4.59 Å². The van der Waals surface area contributed by atoms with Crippen LogP contribution in [0.2, 0.25) is 0 Å². The van der Waals surface area contributed by atoms with Gasteiger partial charge < -0.3 is 50.7 Å². The molecule has 8 N–H and O–H groups in total. The minimum absolute atomic E-state index is 0.0885. The van der Waals surface area contributed by atoms with Crippen LogP contribution >= 0.6 is 0 Å². The smallest absolute Gasteiger partial charge is 0.184 e. The molecule has 1 aliphatic heterocycles. The predicted octanol–water partition coefficient (Wildman–Crippen LogP) is -5.61. The number of quaternary nitrogens is 1. The van der Waals surface area contributed by atoms with Crippen LogP contribution in [0.15, 0.2) is 5.10 Å². The second-order valence-corrected chi connectivity index (χ2v) is 8.07. The lowest BCUT2D eigenvalue weighted by molar-refractivity contribution is -0.902. The van der Waals surface area contributed by atoms with Crippen molar-refractivity contribution >= 4 is 5.90 Å². The van der Waals surface area contributed by atoms with Crippen molar-refractivity contribution in [3.63, 3.8) is 0 Å². The maximum atomic E-state index is 12.3. The Morgan fingerprint density at radius 3 is 2.07 bits per heavy atom. The number of hydrogen-bond donors (Lipinski definition) is 8. The average molecular weight is 410 g/mol. The van der Waals surface area contributed by atoms with Crippen molar-refractivity contribution in [3.8, 4) is 0 Å². The van der Waals surface area contributed by atoms with E-state index in [1.807, 2.05) is 0 Å². The second-order valence-electron chi connectivity index (χ2n) is 8.07. The highest BCUT2D eigenvalue weighted by atomic mass is 16.6. The van der Waals surface area contributed by atoms with Gasteiger partial charge in [0, 0.05) is 5.90 Å². The average Bonchev–Trinajstić information content (AvgIpc) is 2.59. The standard InChI is InChI=1S/C16H30N2O10/c1-18(2,5-8-12(23)14(25)15(26)16(27)28-8)17-9(20)4-6-3-7(19)11(22)13(24)10(6)21/h6-8,10-16,19,21-27H,3-5H2,1-2H3. The zero-order valence-corrected chi connectivity index (χ0v) is 15.7. The number of aliphatic hydroxyl groups is 8. The van der Waals surface area contributed by atoms with E-state index in [4.69, 9.17) is 4.74 Å². The molecule has 1 saturated heterocycles. The number of nitrogens with zero attached hydrogens (tertiary/aromatic N) is 2. The second kappa shape index (κ2) is 8.83. The Labute approximate surface area is 161 Å². The van der Waals surface area contributed by atoms with E-state index in [0.717, 1.165) is 0 Å². The molecule has 10 unspecified atom stereocenters. The molecule has 2 rings (SSSR count). The van der Waals surface area contributed by atoms with E-state index in [1.54, 1.807) is 0 Å². The van der Waals surface area contributed by atoms with Crippen LogP contribution in [-0.4, -0.2) is 127 Å². The van der Waals surface area contributed by atoms with E-state index in [1.165, 1.54) is 14.1 Å². The first-order valence-electron chi connectivity index (χ1n) is 9.03. The molecule has 164 valence electrons. The van der Waals surface area contributed by atoms with Crippen molar-refractivity contribution in [2.75, 3.05) is 20.6 Å². The SMILES string of the molecule is C[N+](C)(CC1OC(O)C(O)C(O)C1O)N=C([O-])CC1CC(O)C(O)C(O)C1O. The van der Waals surface area contributed by atoms with E-state index in [-0.39, 0.29) is 24.0 Å². The molecule has 12 nitrogen and oxygen atoms in total. The highest BCUT2D eigenvalue weighted by Gasteiger charge is 2.46. The number of rotatable bonds is 5. The molecule has 0 spiro atoms. The summed E-state index contributed by atoms with van der Waals surface area (Å²) in [6.07, 6.45) is -13.7. The Kier molecular flexibility index (Phi) is 7.37. The number of likely N-dealkylation sites (N-methyl/N-ethyl adjacent to an activating group) is 1. The third-order valence-electron chi connectivity index (χ3n) is 5.25. The largest absolute Gasteiger partial charge is 0.858 e. The van der Waals surface area contributed by atoms with Crippen LogP contribution in [0.4, 0.5) is 0 Å². The fourth-order valence-corrected chi connectivity index (χ4v) is 3.63. The Hall–Kier alpha value is -0.930. The molecule has 12 heteroatoms. The lowest BCUT2D eigenvalue weighted by Gasteiger charge is -2.41. The van der Waals surface area contributed by atoms with Crippen LogP contribution in [-0.2, 0) is 4.74 Å². The van der Waals surface area contributed by atoms with Gasteiger partial charge in [0.25, 0.3) is 0 Å². The number of ether oxygens (including phenoxy) is 1. The minimum atomic E-state index is -1.70. The molecule has 28 heavy (non-hydrogen) atoms. The fraction of sp³-hybridized carbons (Fsp3) is 0.938. The van der Waals surface area contributed by atoms with Crippen LogP contribution < -0.4 is 5.11 Å². The molecule has 2 fully saturated rings. The van der Waals surface area contributed by atoms with Gasteiger partial charge in [0.1, 0.15) is 43.2 Å². The van der Waals surface area contributed by atoms with Crippen LogP contribution in [0.5, 0.6) is 0 Å². The Morgan fingerprint density at radius 2 is 1.46 bits per heavy atom. The van der Waals surface area contributed by atoms with Crippen LogP contribution in [0.1, 0.15) is 12.8 Å². The first-order chi connectivity index (χ1) is 12.8. The van der Waals surface area contributed by atoms with Gasteiger partial charge in [-0.1, -0.05) is 0 Å². The maximum Gasteiger partial charge on any atom is 0.184 e. The highest BCUT2D eigenvalue weighted by molar-refractivity contribution is 5.71. The van der Waals surface area contributed by atoms with Crippen molar-refractivity contribution in [2.45, 2.75) is 68.0 Å². The summed E-state index contributed by atoms with van der Waals surface area (Å²) in [4.78, 5) is 0. The summed E-state index contributed by atoms with van der Waals surface area (Å²) in [5.74, 6) is -1.46. The third-order valence-corrected chi connectivity index (χ3v) is 5.25. The lowest BCUT2D eigenvalue weighted by atomic mass is 9.79. The number of hydrogen-bond acceptors (Lipinski definition) is 11. The van der Waals surface area contributed by atoms with Gasteiger partial charge in [-0.2, -0.15) is 0 Å². The number of aliphatic hydroxyl groups excluding tert-OH is 8. The molecule has 0 bridgehead atoms. The molecule has 0 amide bonds. The Bertz CT molecular complexity index is 562. The summed E-state index contributed by atoms with van der Waals surface area (Å²) < 4.78 is 4.73. The van der Waals surface area contributed by atoms with Gasteiger partial charge in [0.15, 0.2) is 6.29 Å². The van der Waals surface area contributed by atoms with E-state index < -0.39 is 66.9 Å². The predicted molar refractivity (Wildman–Crippen MR) is 90.1 cm³/mol. The summed E-state index contributed by atoms with van der Waals surface area (Å²) in [7, 11) is 3.01. The van der Waals surface area contributed by atoms with Gasteiger partial charge in [-0.15, -0.1) is 5.10 Å². The fourth-order valence-electron chi connectivity index (χ4n) is 3.63. The molecule has 2 aliphatic rings. The Balaban J connectivity index is 2.02. The van der Waals surface area contributed by atoms with Gasteiger partial charge in [0.05, 0.1) is 26.3 Å². The highest BCUT2D eigenvalue weighted by Crippen LogP contribution is 2.28. The Morgan fingerprint density at radius 1 is 0.893 bits per heavy atom. The minimum Gasteiger partial charge on any atom is -0.858 e. The van der Waals surface area contributed by atoms with Crippen molar-refractivity contribution in [1.29, 1.82) is 0 Å². The van der Waals surface area contributed by atoms with E-state index in [2.05, 4.69) is 5.10 Å². The molecule has 1 saturated carbocycles. The van der Waals surface area contributed by atoms with Crippen molar-refractivity contribution < 1.29 is 55.3 Å². The molecule has 1 aliphatic carbocycles. The van der Waals surface area contributed by atoms with Crippen molar-refractivity contribution in [1.82, 2.24) is 0 Å². The van der Waals surface area contributed by atoms with E-state index >= 15 is 0 Å². The molecule has 0 aromatic rings. The van der Waals surface area contributed by atoms with Crippen LogP contribution in [0.25, 0.3) is 0 Å². The van der Waals surface area contributed by atoms with E-state index in [0.29, 0.717) is 0 Å². The molecule has 0 aromatic carbocycles. The summed E-state index contributed by atoms with van der Waals surface area (Å²) in [5, 5.41) is 94.1. The first-order valence-corrected chi connectivity index (χ1v) is 9.03. The van der Waals surface area contributed by atoms with Crippen molar-refractivity contribution in [2.24, 2.45) is 11.0 Å². The molecular weight excluding hydrogens is 380 g/mol. The third kappa shape index (κ3) is 5.16. The molecule has 10 atom stereocenters. The van der Waals surface area contributed by atoms with Gasteiger partial charge in [0.2, 0.25) is 0 Å². The quantitative estimate of drug-likeness (QED) is 0.0933. The first kappa shape index (κ1) is 23.3. The molecular formula is C16H30N2O10. The van der Waals surface area contributed by atoms with Crippen LogP contribution in [0, 0.1) is 5.92 Å². The van der Waals surface area contributed by atoms with Gasteiger partial charge in [-0.3, -0.25) is 0 Å². The zero-order chi connectivity index (χ0) is 21.4. The normalized spacial score (nSPS) is 45.9. The molecule has 0 radical (unpaired) electrons. The maximum absolute atomic E-state index is 12.3. The monoisotopic (exact) mass is 410 g/mol. The summed E-state index contributed by atoms with van der Waals surface area (Å²) >= 11 is 0. The summed E-state index contributed by atoms with van der Waals surface area (Å²) in [6.45, 7) is -0.120. The van der Waals surface area contributed by atoms with Crippen LogP contribution in [0.3, 0.4) is 0 Å².